The molecule has 0 spiro atoms. The smallest absolute Gasteiger partial charge is 0.0766 e. The maximum Gasteiger partial charge on any atom is 0.0766 e. The summed E-state index contributed by atoms with van der Waals surface area (Å²) in [6.07, 6.45) is 8.94. The first kappa shape index (κ1) is 14.6. The van der Waals surface area contributed by atoms with Gasteiger partial charge >= 0.3 is 0 Å². The summed E-state index contributed by atoms with van der Waals surface area (Å²) in [6, 6.07) is 0. The molecule has 0 saturated heterocycles. The largest absolute Gasteiger partial charge is 0.271 e. The fourth-order valence-corrected chi connectivity index (χ4v) is 4.41. The van der Waals surface area contributed by atoms with E-state index in [-0.39, 0.29) is 0 Å². The molecule has 1 aliphatic rings. The van der Waals surface area contributed by atoms with Crippen molar-refractivity contribution in [1.82, 2.24) is 9.78 Å². The quantitative estimate of drug-likeness (QED) is 0.554. The molecule has 2 unspecified atom stereocenters. The zero-order valence-electron chi connectivity index (χ0n) is 11.3. The minimum Gasteiger partial charge on any atom is -0.271 e. The summed E-state index contributed by atoms with van der Waals surface area (Å²) in [4.78, 5) is 0.673. The molecular weight excluding hydrogens is 356 g/mol. The molecule has 0 radical (unpaired) electrons. The lowest BCUT2D eigenvalue weighted by Gasteiger charge is -2.20. The zero-order chi connectivity index (χ0) is 13.1. The van der Waals surface area contributed by atoms with Gasteiger partial charge in [-0.15, -0.1) is 0 Å². The fraction of sp³-hybridized carbons (Fsp3) is 0.786. The number of aryl methyl sites for hydroxylation is 2. The van der Waals surface area contributed by atoms with Crippen LogP contribution >= 0.6 is 31.9 Å². The van der Waals surface area contributed by atoms with E-state index in [1.165, 1.54) is 48.0 Å². The highest BCUT2D eigenvalue weighted by Crippen LogP contribution is 2.33. The van der Waals surface area contributed by atoms with Crippen LogP contribution in [0.5, 0.6) is 0 Å². The Morgan fingerprint density at radius 2 is 2.00 bits per heavy atom. The summed E-state index contributed by atoms with van der Waals surface area (Å²) in [5, 5.41) is 4.60. The Balaban J connectivity index is 2.14. The highest BCUT2D eigenvalue weighted by Gasteiger charge is 2.24. The second-order valence-corrected chi connectivity index (χ2v) is 7.27. The SMILES string of the molecule is CCc1nn(C)c(CC2CCCCCC2Br)c1Br. The molecule has 102 valence electrons. The van der Waals surface area contributed by atoms with Crippen molar-refractivity contribution in [1.29, 1.82) is 0 Å². The standard InChI is InChI=1S/C14H22Br2N2/c1-3-12-14(16)13(18(2)17-12)9-10-7-5-4-6-8-11(10)15/h10-11H,3-9H2,1-2H3. The summed E-state index contributed by atoms with van der Waals surface area (Å²) < 4.78 is 3.30. The third-order valence-corrected chi connectivity index (χ3v) is 6.15. The average Bonchev–Trinajstić information content (AvgIpc) is 2.52. The Morgan fingerprint density at radius 3 is 2.67 bits per heavy atom. The lowest BCUT2D eigenvalue weighted by molar-refractivity contribution is 0.460. The second kappa shape index (κ2) is 6.56. The minimum atomic E-state index is 0.673. The van der Waals surface area contributed by atoms with Crippen LogP contribution in [0.25, 0.3) is 0 Å². The molecule has 0 N–H and O–H groups in total. The van der Waals surface area contributed by atoms with Gasteiger partial charge in [0.2, 0.25) is 0 Å². The third-order valence-electron chi connectivity index (χ3n) is 4.02. The highest BCUT2D eigenvalue weighted by molar-refractivity contribution is 9.10. The van der Waals surface area contributed by atoms with E-state index in [4.69, 9.17) is 0 Å². The fourth-order valence-electron chi connectivity index (χ4n) is 2.86. The van der Waals surface area contributed by atoms with Crippen molar-refractivity contribution in [3.63, 3.8) is 0 Å². The number of aromatic nitrogens is 2. The van der Waals surface area contributed by atoms with Crippen molar-refractivity contribution in [3.05, 3.63) is 15.9 Å². The predicted molar refractivity (Wildman–Crippen MR) is 83.3 cm³/mol. The maximum atomic E-state index is 4.60. The first-order valence-corrected chi connectivity index (χ1v) is 8.68. The van der Waals surface area contributed by atoms with Crippen LogP contribution in [-0.4, -0.2) is 14.6 Å². The van der Waals surface area contributed by atoms with Gasteiger partial charge in [-0.1, -0.05) is 42.1 Å². The van der Waals surface area contributed by atoms with Crippen molar-refractivity contribution in [3.8, 4) is 0 Å². The number of halogens is 2. The molecule has 4 heteroatoms. The summed E-state index contributed by atoms with van der Waals surface area (Å²) in [7, 11) is 2.07. The van der Waals surface area contributed by atoms with Gasteiger partial charge in [0, 0.05) is 11.9 Å². The first-order chi connectivity index (χ1) is 8.63. The number of alkyl halides is 1. The number of hydrogen-bond acceptors (Lipinski definition) is 1. The molecular formula is C14H22Br2N2. The van der Waals surface area contributed by atoms with Gasteiger partial charge < -0.3 is 0 Å². The molecule has 0 aromatic carbocycles. The van der Waals surface area contributed by atoms with Crippen molar-refractivity contribution in [2.75, 3.05) is 0 Å². The minimum absolute atomic E-state index is 0.673. The van der Waals surface area contributed by atoms with Crippen molar-refractivity contribution in [2.24, 2.45) is 13.0 Å². The molecule has 18 heavy (non-hydrogen) atoms. The molecule has 0 amide bonds. The van der Waals surface area contributed by atoms with Crippen LogP contribution in [-0.2, 0) is 19.9 Å². The van der Waals surface area contributed by atoms with E-state index in [0.29, 0.717) is 4.83 Å². The zero-order valence-corrected chi connectivity index (χ0v) is 14.4. The Bertz CT molecular complexity index is 401. The van der Waals surface area contributed by atoms with Gasteiger partial charge in [-0.2, -0.15) is 5.10 Å². The molecule has 1 aliphatic carbocycles. The Kier molecular flexibility index (Phi) is 5.31. The van der Waals surface area contributed by atoms with E-state index >= 15 is 0 Å². The second-order valence-electron chi connectivity index (χ2n) is 5.30. The molecule has 0 bridgehead atoms. The van der Waals surface area contributed by atoms with Crippen LogP contribution in [0.3, 0.4) is 0 Å². The normalized spacial score (nSPS) is 25.1. The predicted octanol–water partition coefficient (Wildman–Crippen LogP) is 4.63. The monoisotopic (exact) mass is 376 g/mol. The van der Waals surface area contributed by atoms with Crippen molar-refractivity contribution < 1.29 is 0 Å². The first-order valence-electron chi connectivity index (χ1n) is 6.97. The van der Waals surface area contributed by atoms with Crippen LogP contribution in [0.4, 0.5) is 0 Å². The number of nitrogens with zero attached hydrogens (tertiary/aromatic N) is 2. The molecule has 1 fully saturated rings. The van der Waals surface area contributed by atoms with Gasteiger partial charge in [0.15, 0.2) is 0 Å². The third kappa shape index (κ3) is 3.19. The summed E-state index contributed by atoms with van der Waals surface area (Å²) in [5.74, 6) is 0.754. The van der Waals surface area contributed by atoms with Gasteiger partial charge in [0.05, 0.1) is 15.9 Å². The van der Waals surface area contributed by atoms with Crippen LogP contribution in [0.1, 0.15) is 50.4 Å². The summed E-state index contributed by atoms with van der Waals surface area (Å²) in [5.41, 5.74) is 2.55. The average molecular weight is 378 g/mol. The Labute approximate surface area is 127 Å². The highest BCUT2D eigenvalue weighted by atomic mass is 79.9. The molecule has 0 aliphatic heterocycles. The Morgan fingerprint density at radius 1 is 1.28 bits per heavy atom. The number of hydrogen-bond donors (Lipinski definition) is 0. The molecule has 1 saturated carbocycles. The van der Waals surface area contributed by atoms with Crippen LogP contribution in [0.2, 0.25) is 0 Å². The number of rotatable bonds is 3. The van der Waals surface area contributed by atoms with Gasteiger partial charge in [0.25, 0.3) is 0 Å². The summed E-state index contributed by atoms with van der Waals surface area (Å²) in [6.45, 7) is 2.16. The van der Waals surface area contributed by atoms with Gasteiger partial charge in [-0.3, -0.25) is 4.68 Å². The van der Waals surface area contributed by atoms with E-state index in [0.717, 1.165) is 18.8 Å². The van der Waals surface area contributed by atoms with Crippen LogP contribution in [0, 0.1) is 5.92 Å². The van der Waals surface area contributed by atoms with E-state index in [2.05, 4.69) is 55.6 Å². The van der Waals surface area contributed by atoms with Gasteiger partial charge in [-0.05, 0) is 47.5 Å². The molecule has 2 rings (SSSR count). The van der Waals surface area contributed by atoms with Gasteiger partial charge in [0.1, 0.15) is 0 Å². The van der Waals surface area contributed by atoms with E-state index in [1.54, 1.807) is 0 Å². The van der Waals surface area contributed by atoms with E-state index in [9.17, 15) is 0 Å². The molecule has 1 heterocycles. The lowest BCUT2D eigenvalue weighted by Crippen LogP contribution is -2.17. The van der Waals surface area contributed by atoms with Crippen LogP contribution < -0.4 is 0 Å². The molecule has 1 aromatic heterocycles. The van der Waals surface area contributed by atoms with E-state index < -0.39 is 0 Å². The van der Waals surface area contributed by atoms with Gasteiger partial charge in [-0.25, -0.2) is 0 Å². The van der Waals surface area contributed by atoms with Crippen molar-refractivity contribution in [2.45, 2.75) is 56.7 Å². The van der Waals surface area contributed by atoms with E-state index in [1.807, 2.05) is 0 Å². The molecule has 1 aromatic rings. The molecule has 2 atom stereocenters. The molecule has 2 nitrogen and oxygen atoms in total. The van der Waals surface area contributed by atoms with Crippen molar-refractivity contribution >= 4 is 31.9 Å². The maximum absolute atomic E-state index is 4.60. The lowest BCUT2D eigenvalue weighted by atomic mass is 9.94. The summed E-state index contributed by atoms with van der Waals surface area (Å²) >= 11 is 7.62. The Hall–Kier alpha value is 0.170. The topological polar surface area (TPSA) is 17.8 Å². The van der Waals surface area contributed by atoms with Crippen LogP contribution in [0.15, 0.2) is 4.47 Å².